The molecule has 11 heteroatoms. The van der Waals surface area contributed by atoms with Gasteiger partial charge in [0.05, 0.1) is 12.1 Å². The van der Waals surface area contributed by atoms with Gasteiger partial charge in [-0.05, 0) is 56.2 Å². The van der Waals surface area contributed by atoms with Crippen LogP contribution in [0.2, 0.25) is 0 Å². The third kappa shape index (κ3) is 5.50. The molecule has 4 rings (SSSR count). The van der Waals surface area contributed by atoms with Crippen LogP contribution in [0.3, 0.4) is 0 Å². The lowest BCUT2D eigenvalue weighted by molar-refractivity contribution is -0.137. The lowest BCUT2D eigenvalue weighted by Gasteiger charge is -2.32. The van der Waals surface area contributed by atoms with Crippen molar-refractivity contribution in [1.29, 1.82) is 0 Å². The Bertz CT molecular complexity index is 1250. The van der Waals surface area contributed by atoms with E-state index in [1.165, 1.54) is 12.1 Å². The van der Waals surface area contributed by atoms with Gasteiger partial charge in [-0.1, -0.05) is 32.4 Å². The van der Waals surface area contributed by atoms with Crippen molar-refractivity contribution >= 4 is 28.9 Å². The summed E-state index contributed by atoms with van der Waals surface area (Å²) in [5.41, 5.74) is 0.693. The van der Waals surface area contributed by atoms with Gasteiger partial charge in [0.15, 0.2) is 11.5 Å². The van der Waals surface area contributed by atoms with Crippen LogP contribution in [0.15, 0.2) is 24.3 Å². The number of carboxylic acids is 1. The van der Waals surface area contributed by atoms with Gasteiger partial charge in [-0.15, -0.1) is 0 Å². The van der Waals surface area contributed by atoms with E-state index in [2.05, 4.69) is 29.1 Å². The zero-order valence-electron chi connectivity index (χ0n) is 21.5. The standard InChI is InChI=1S/C26H33F3N6O2/c1-5-19(6-2)34(4)25-33-22-20(35(25)14-16-10-12-18(13-11-16)26(27,28)29)21(31-23(32-22)24(36)37)30-15(3)17-8-7-9-17/h10-13,15,17,19H,5-9,14H2,1-4H3,(H,36,37)(H,30,31,32). The summed E-state index contributed by atoms with van der Waals surface area (Å²) in [7, 11) is 1.91. The summed E-state index contributed by atoms with van der Waals surface area (Å²) < 4.78 is 41.2. The molecule has 8 nitrogen and oxygen atoms in total. The molecule has 1 saturated carbocycles. The highest BCUT2D eigenvalue weighted by molar-refractivity contribution is 5.91. The Balaban J connectivity index is 1.86. The topological polar surface area (TPSA) is 96.2 Å². The van der Waals surface area contributed by atoms with Crippen molar-refractivity contribution in [1.82, 2.24) is 19.5 Å². The normalized spacial score (nSPS) is 15.1. The molecule has 1 fully saturated rings. The van der Waals surface area contributed by atoms with Crippen molar-refractivity contribution in [2.45, 2.75) is 77.7 Å². The van der Waals surface area contributed by atoms with Crippen LogP contribution in [-0.4, -0.2) is 49.7 Å². The van der Waals surface area contributed by atoms with E-state index < -0.39 is 17.7 Å². The molecule has 0 radical (unpaired) electrons. The molecule has 1 aliphatic rings. The fraction of sp³-hybridized carbons (Fsp3) is 0.538. The molecule has 1 aliphatic carbocycles. The maximum Gasteiger partial charge on any atom is 0.416 e. The summed E-state index contributed by atoms with van der Waals surface area (Å²) in [6, 6.07) is 5.24. The van der Waals surface area contributed by atoms with Crippen molar-refractivity contribution < 1.29 is 23.1 Å². The van der Waals surface area contributed by atoms with E-state index in [0.717, 1.165) is 44.2 Å². The van der Waals surface area contributed by atoms with Crippen molar-refractivity contribution in [3.8, 4) is 0 Å². The SMILES string of the molecule is CCC(CC)N(C)c1nc2nc(C(=O)O)nc(NC(C)C3CCC3)c2n1Cc1ccc(C(F)(F)F)cc1. The molecular weight excluding hydrogens is 485 g/mol. The molecule has 3 aromatic rings. The van der Waals surface area contributed by atoms with Crippen LogP contribution in [0.4, 0.5) is 24.9 Å². The molecule has 2 aromatic heterocycles. The number of hydrogen-bond acceptors (Lipinski definition) is 6. The van der Waals surface area contributed by atoms with Gasteiger partial charge in [0, 0.05) is 19.1 Å². The predicted molar refractivity (Wildman–Crippen MR) is 136 cm³/mol. The number of carboxylic acid groups (broad SMARTS) is 1. The number of halogens is 3. The van der Waals surface area contributed by atoms with Gasteiger partial charge >= 0.3 is 12.1 Å². The first-order valence-corrected chi connectivity index (χ1v) is 12.7. The van der Waals surface area contributed by atoms with E-state index in [0.29, 0.717) is 28.8 Å². The Morgan fingerprint density at radius 1 is 1.16 bits per heavy atom. The van der Waals surface area contributed by atoms with E-state index >= 15 is 0 Å². The zero-order valence-corrected chi connectivity index (χ0v) is 21.5. The van der Waals surface area contributed by atoms with Crippen LogP contribution >= 0.6 is 0 Å². The predicted octanol–water partition coefficient (Wildman–Crippen LogP) is 5.82. The monoisotopic (exact) mass is 518 g/mol. The molecule has 0 aliphatic heterocycles. The fourth-order valence-corrected chi connectivity index (χ4v) is 4.89. The highest BCUT2D eigenvalue weighted by atomic mass is 19.4. The van der Waals surface area contributed by atoms with Crippen LogP contribution in [0, 0.1) is 5.92 Å². The smallest absolute Gasteiger partial charge is 0.416 e. The summed E-state index contributed by atoms with van der Waals surface area (Å²) in [5, 5.41) is 13.1. The Labute approximate surface area is 213 Å². The average Bonchev–Trinajstić information content (AvgIpc) is 3.16. The molecule has 0 bridgehead atoms. The van der Waals surface area contributed by atoms with Crippen LogP contribution in [0.5, 0.6) is 0 Å². The molecule has 37 heavy (non-hydrogen) atoms. The zero-order chi connectivity index (χ0) is 26.9. The second-order valence-electron chi connectivity index (χ2n) is 9.77. The number of carbonyl (C=O) groups is 1. The third-order valence-corrected chi connectivity index (χ3v) is 7.42. The van der Waals surface area contributed by atoms with Crippen molar-refractivity contribution in [2.24, 2.45) is 5.92 Å². The third-order valence-electron chi connectivity index (χ3n) is 7.42. The highest BCUT2D eigenvalue weighted by Crippen LogP contribution is 2.34. The summed E-state index contributed by atoms with van der Waals surface area (Å²) in [5.74, 6) is -0.235. The fourth-order valence-electron chi connectivity index (χ4n) is 4.89. The Kier molecular flexibility index (Phi) is 7.61. The molecule has 2 N–H and O–H groups in total. The van der Waals surface area contributed by atoms with Crippen LogP contribution in [0.25, 0.3) is 11.2 Å². The van der Waals surface area contributed by atoms with Gasteiger partial charge in [-0.25, -0.2) is 14.8 Å². The van der Waals surface area contributed by atoms with E-state index in [-0.39, 0.29) is 30.1 Å². The van der Waals surface area contributed by atoms with E-state index in [9.17, 15) is 23.1 Å². The second-order valence-corrected chi connectivity index (χ2v) is 9.77. The molecule has 1 atom stereocenters. The van der Waals surface area contributed by atoms with Crippen molar-refractivity contribution in [3.05, 3.63) is 41.2 Å². The number of benzene rings is 1. The van der Waals surface area contributed by atoms with E-state index in [1.54, 1.807) is 0 Å². The first-order chi connectivity index (χ1) is 17.5. The van der Waals surface area contributed by atoms with Gasteiger partial charge in [0.1, 0.15) is 5.52 Å². The first-order valence-electron chi connectivity index (χ1n) is 12.7. The van der Waals surface area contributed by atoms with Gasteiger partial charge in [-0.3, -0.25) is 0 Å². The minimum atomic E-state index is -4.42. The van der Waals surface area contributed by atoms with E-state index in [1.807, 2.05) is 23.4 Å². The lowest BCUT2D eigenvalue weighted by Crippen LogP contribution is -2.33. The minimum absolute atomic E-state index is 0.0584. The number of aromatic nitrogens is 4. The van der Waals surface area contributed by atoms with Crippen LogP contribution in [-0.2, 0) is 12.7 Å². The number of aromatic carboxylic acids is 1. The molecule has 0 spiro atoms. The number of nitrogens with one attached hydrogen (secondary N) is 1. The molecule has 1 aromatic carbocycles. The maximum absolute atomic E-state index is 13.1. The molecule has 200 valence electrons. The Hall–Kier alpha value is -3.37. The number of imidazole rings is 1. The second kappa shape index (κ2) is 10.5. The number of nitrogens with zero attached hydrogens (tertiary/aromatic N) is 5. The molecule has 1 unspecified atom stereocenters. The Morgan fingerprint density at radius 3 is 2.32 bits per heavy atom. The first kappa shape index (κ1) is 26.7. The largest absolute Gasteiger partial charge is 0.475 e. The van der Waals surface area contributed by atoms with Crippen molar-refractivity contribution in [2.75, 3.05) is 17.3 Å². The molecule has 2 heterocycles. The van der Waals surface area contributed by atoms with E-state index in [4.69, 9.17) is 4.98 Å². The Morgan fingerprint density at radius 2 is 1.81 bits per heavy atom. The molecule has 0 saturated heterocycles. The highest BCUT2D eigenvalue weighted by Gasteiger charge is 2.31. The summed E-state index contributed by atoms with van der Waals surface area (Å²) >= 11 is 0. The minimum Gasteiger partial charge on any atom is -0.475 e. The van der Waals surface area contributed by atoms with Crippen LogP contribution in [0.1, 0.15) is 74.6 Å². The van der Waals surface area contributed by atoms with Gasteiger partial charge in [0.2, 0.25) is 11.8 Å². The van der Waals surface area contributed by atoms with Crippen molar-refractivity contribution in [3.63, 3.8) is 0 Å². The number of fused-ring (bicyclic) bond motifs is 1. The average molecular weight is 519 g/mol. The molecular formula is C26H33F3N6O2. The van der Waals surface area contributed by atoms with Gasteiger partial charge in [0.25, 0.3) is 0 Å². The summed E-state index contributed by atoms with van der Waals surface area (Å²) in [6.45, 7) is 6.41. The van der Waals surface area contributed by atoms with Crippen LogP contribution < -0.4 is 10.2 Å². The quantitative estimate of drug-likeness (QED) is 0.349. The maximum atomic E-state index is 13.1. The molecule has 0 amide bonds. The summed E-state index contributed by atoms with van der Waals surface area (Å²) in [6.07, 6.45) is 0.616. The van der Waals surface area contributed by atoms with Gasteiger partial charge < -0.3 is 19.9 Å². The van der Waals surface area contributed by atoms with Gasteiger partial charge in [-0.2, -0.15) is 18.2 Å². The number of alkyl halides is 3. The lowest BCUT2D eigenvalue weighted by atomic mass is 9.80. The number of anilines is 2. The number of rotatable bonds is 10. The number of hydrogen-bond donors (Lipinski definition) is 2. The summed E-state index contributed by atoms with van der Waals surface area (Å²) in [4.78, 5) is 27.1.